The van der Waals surface area contributed by atoms with Gasteiger partial charge in [0, 0.05) is 55.4 Å². The third kappa shape index (κ3) is 4.26. The molecule has 0 unspecified atom stereocenters. The van der Waals surface area contributed by atoms with Crippen LogP contribution in [0.25, 0.3) is 11.3 Å². The number of hydrogen-bond acceptors (Lipinski definition) is 5. The Morgan fingerprint density at radius 1 is 1.12 bits per heavy atom. The van der Waals surface area contributed by atoms with Crippen LogP contribution in [-0.2, 0) is 24.2 Å². The number of amides is 2. The number of carbonyl (C=O) groups excluding carboxylic acids is 2. The van der Waals surface area contributed by atoms with E-state index in [2.05, 4.69) is 31.5 Å². The third-order valence-corrected chi connectivity index (χ3v) is 6.38. The largest absolute Gasteiger partial charge is 0.352 e. The smallest absolute Gasteiger partial charge is 0.271 e. The highest BCUT2D eigenvalue weighted by atomic mass is 16.2. The van der Waals surface area contributed by atoms with Crippen molar-refractivity contribution in [2.45, 2.75) is 38.6 Å². The number of piperidine rings is 1. The van der Waals surface area contributed by atoms with Gasteiger partial charge >= 0.3 is 0 Å². The Morgan fingerprint density at radius 3 is 2.75 bits per heavy atom. The molecule has 1 aliphatic heterocycles. The first-order valence-electron chi connectivity index (χ1n) is 11.2. The van der Waals surface area contributed by atoms with E-state index in [-0.39, 0.29) is 17.7 Å². The van der Waals surface area contributed by atoms with E-state index in [9.17, 15) is 9.59 Å². The van der Waals surface area contributed by atoms with Crippen LogP contribution in [0.5, 0.6) is 0 Å². The Balaban J connectivity index is 1.12. The Labute approximate surface area is 186 Å². The molecule has 2 aliphatic rings. The fraction of sp³-hybridized carbons (Fsp3) is 0.375. The number of aryl methyl sites for hydroxylation is 2. The Hall–Kier alpha value is -3.55. The minimum Gasteiger partial charge on any atom is -0.352 e. The molecule has 2 amide bonds. The average molecular weight is 431 g/mol. The summed E-state index contributed by atoms with van der Waals surface area (Å²) in [6.07, 6.45) is 9.89. The lowest BCUT2D eigenvalue weighted by molar-refractivity contribution is -0.126. The first kappa shape index (κ1) is 20.4. The highest BCUT2D eigenvalue weighted by Gasteiger charge is 2.28. The van der Waals surface area contributed by atoms with Crippen molar-refractivity contribution in [2.24, 2.45) is 5.92 Å². The first-order valence-corrected chi connectivity index (χ1v) is 11.2. The molecular weight excluding hydrogens is 404 g/mol. The summed E-state index contributed by atoms with van der Waals surface area (Å²) in [5.41, 5.74) is 5.65. The molecule has 0 saturated carbocycles. The maximum absolute atomic E-state index is 12.9. The highest BCUT2D eigenvalue weighted by molar-refractivity contribution is 5.93. The number of hydrogen-bond donors (Lipinski definition) is 2. The van der Waals surface area contributed by atoms with Gasteiger partial charge in [-0.2, -0.15) is 5.10 Å². The average Bonchev–Trinajstić information content (AvgIpc) is 3.52. The summed E-state index contributed by atoms with van der Waals surface area (Å²) in [4.78, 5) is 35.8. The number of aromatic nitrogens is 4. The first-order chi connectivity index (χ1) is 15.7. The van der Waals surface area contributed by atoms with Crippen LogP contribution in [0, 0.1) is 5.92 Å². The monoisotopic (exact) mass is 430 g/mol. The molecule has 1 fully saturated rings. The third-order valence-electron chi connectivity index (χ3n) is 6.38. The second-order valence-corrected chi connectivity index (χ2v) is 8.49. The number of pyridine rings is 2. The van der Waals surface area contributed by atoms with Crippen LogP contribution in [0.15, 0.2) is 42.9 Å². The predicted octanol–water partition coefficient (Wildman–Crippen LogP) is 2.52. The van der Waals surface area contributed by atoms with Crippen LogP contribution < -0.4 is 5.32 Å². The van der Waals surface area contributed by atoms with E-state index >= 15 is 0 Å². The van der Waals surface area contributed by atoms with Crippen LogP contribution in [0.4, 0.5) is 0 Å². The topological polar surface area (TPSA) is 104 Å². The molecule has 2 N–H and O–H groups in total. The maximum atomic E-state index is 12.9. The number of H-pyrrole nitrogens is 1. The summed E-state index contributed by atoms with van der Waals surface area (Å²) in [5, 5.41) is 10.1. The molecular formula is C24H26N6O2. The quantitative estimate of drug-likeness (QED) is 0.647. The molecule has 0 aromatic carbocycles. The molecule has 8 heteroatoms. The number of rotatable bonds is 5. The number of likely N-dealkylation sites (tertiary alicyclic amines) is 1. The molecule has 3 aromatic rings. The predicted molar refractivity (Wildman–Crippen MR) is 119 cm³/mol. The highest BCUT2D eigenvalue weighted by Crippen LogP contribution is 2.22. The minimum absolute atomic E-state index is 0.0547. The van der Waals surface area contributed by atoms with Crippen molar-refractivity contribution in [1.29, 1.82) is 0 Å². The second kappa shape index (κ2) is 8.90. The summed E-state index contributed by atoms with van der Waals surface area (Å²) in [5.74, 6) is -0.101. The SMILES string of the molecule is O=C(NCc1cnc2c(c1)CCC2)C1CCN(C(=O)c2cc(-c3ccncc3)n[nH]2)CC1. The van der Waals surface area contributed by atoms with Gasteiger partial charge < -0.3 is 10.2 Å². The van der Waals surface area contributed by atoms with E-state index in [1.807, 2.05) is 18.3 Å². The van der Waals surface area contributed by atoms with Gasteiger partial charge in [-0.1, -0.05) is 6.07 Å². The van der Waals surface area contributed by atoms with E-state index < -0.39 is 0 Å². The number of nitrogens with one attached hydrogen (secondary N) is 2. The zero-order valence-electron chi connectivity index (χ0n) is 17.9. The van der Waals surface area contributed by atoms with Crippen LogP contribution in [0.2, 0.25) is 0 Å². The lowest BCUT2D eigenvalue weighted by Gasteiger charge is -2.31. The van der Waals surface area contributed by atoms with E-state index in [1.165, 1.54) is 17.7 Å². The van der Waals surface area contributed by atoms with Crippen LogP contribution in [0.3, 0.4) is 0 Å². The normalized spacial score (nSPS) is 16.1. The van der Waals surface area contributed by atoms with Crippen molar-refractivity contribution in [1.82, 2.24) is 30.4 Å². The van der Waals surface area contributed by atoms with E-state index in [1.54, 1.807) is 23.4 Å². The molecule has 0 radical (unpaired) electrons. The molecule has 0 atom stereocenters. The fourth-order valence-corrected chi connectivity index (χ4v) is 4.52. The molecule has 164 valence electrons. The van der Waals surface area contributed by atoms with Gasteiger partial charge in [-0.25, -0.2) is 0 Å². The minimum atomic E-state index is -0.0825. The number of carbonyl (C=O) groups is 2. The van der Waals surface area contributed by atoms with Gasteiger partial charge in [-0.3, -0.25) is 24.7 Å². The molecule has 0 bridgehead atoms. The zero-order valence-corrected chi connectivity index (χ0v) is 17.9. The summed E-state index contributed by atoms with van der Waals surface area (Å²) >= 11 is 0. The molecule has 1 saturated heterocycles. The van der Waals surface area contributed by atoms with Crippen molar-refractivity contribution in [3.05, 3.63) is 65.4 Å². The number of fused-ring (bicyclic) bond motifs is 1. The van der Waals surface area contributed by atoms with Crippen molar-refractivity contribution in [2.75, 3.05) is 13.1 Å². The van der Waals surface area contributed by atoms with Gasteiger partial charge in [0.05, 0.1) is 5.69 Å². The van der Waals surface area contributed by atoms with Crippen molar-refractivity contribution >= 4 is 11.8 Å². The molecule has 8 nitrogen and oxygen atoms in total. The molecule has 5 rings (SSSR count). The van der Waals surface area contributed by atoms with Gasteiger partial charge in [-0.05, 0) is 61.4 Å². The number of aromatic amines is 1. The van der Waals surface area contributed by atoms with E-state index in [0.717, 1.165) is 24.0 Å². The fourth-order valence-electron chi connectivity index (χ4n) is 4.52. The lowest BCUT2D eigenvalue weighted by Crippen LogP contribution is -2.43. The van der Waals surface area contributed by atoms with Crippen molar-refractivity contribution in [3.8, 4) is 11.3 Å². The van der Waals surface area contributed by atoms with Gasteiger partial charge in [0.1, 0.15) is 5.69 Å². The zero-order chi connectivity index (χ0) is 21.9. The lowest BCUT2D eigenvalue weighted by atomic mass is 9.95. The maximum Gasteiger partial charge on any atom is 0.271 e. The standard InChI is InChI=1S/C24H26N6O2/c31-23(27-15-16-12-19-2-1-3-20(19)26-14-16)18-6-10-30(11-7-18)24(32)22-13-21(28-29-22)17-4-8-25-9-5-17/h4-5,8-9,12-14,18H,1-3,6-7,10-11,15H2,(H,27,31)(H,28,29). The van der Waals surface area contributed by atoms with Crippen LogP contribution >= 0.6 is 0 Å². The molecule has 1 aliphatic carbocycles. The summed E-state index contributed by atoms with van der Waals surface area (Å²) < 4.78 is 0. The van der Waals surface area contributed by atoms with Crippen LogP contribution in [-0.4, -0.2) is 50.0 Å². The molecule has 0 spiro atoms. The molecule has 3 aromatic heterocycles. The van der Waals surface area contributed by atoms with Crippen LogP contribution in [0.1, 0.15) is 46.6 Å². The van der Waals surface area contributed by atoms with Crippen molar-refractivity contribution < 1.29 is 9.59 Å². The van der Waals surface area contributed by atoms with Gasteiger partial charge in [0.25, 0.3) is 5.91 Å². The summed E-state index contributed by atoms with van der Waals surface area (Å²) in [6.45, 7) is 1.62. The van der Waals surface area contributed by atoms with Gasteiger partial charge in [-0.15, -0.1) is 0 Å². The Bertz CT molecular complexity index is 1120. The molecule has 32 heavy (non-hydrogen) atoms. The molecule has 4 heterocycles. The second-order valence-electron chi connectivity index (χ2n) is 8.49. The summed E-state index contributed by atoms with van der Waals surface area (Å²) in [7, 11) is 0. The van der Waals surface area contributed by atoms with Crippen molar-refractivity contribution in [3.63, 3.8) is 0 Å². The Morgan fingerprint density at radius 2 is 1.94 bits per heavy atom. The van der Waals surface area contributed by atoms with Gasteiger partial charge in [0.2, 0.25) is 5.91 Å². The number of nitrogens with zero attached hydrogens (tertiary/aromatic N) is 4. The Kier molecular flexibility index (Phi) is 5.66. The van der Waals surface area contributed by atoms with E-state index in [4.69, 9.17) is 0 Å². The van der Waals surface area contributed by atoms with Gasteiger partial charge in [0.15, 0.2) is 0 Å². The summed E-state index contributed by atoms with van der Waals surface area (Å²) in [6, 6.07) is 7.64. The van der Waals surface area contributed by atoms with E-state index in [0.29, 0.717) is 43.9 Å².